The molecule has 1 rings (SSSR count). The minimum absolute atomic E-state index is 0.574. The van der Waals surface area contributed by atoms with Gasteiger partial charge in [0, 0.05) is 0 Å². The number of nitrogens with zero attached hydrogens (tertiary/aromatic N) is 1. The molecule has 1 aromatic heterocycles. The first-order valence-corrected chi connectivity index (χ1v) is 1.31. The lowest BCUT2D eigenvalue weighted by molar-refractivity contribution is 0.368. The van der Waals surface area contributed by atoms with Crippen LogP contribution in [0.3, 0.4) is 0 Å². The van der Waals surface area contributed by atoms with Crippen LogP contribution in [0.25, 0.3) is 0 Å². The lowest BCUT2D eigenvalue weighted by atomic mass is 11.0. The Morgan fingerprint density at radius 2 is 2.83 bits per heavy atom. The van der Waals surface area contributed by atoms with E-state index >= 15 is 0 Å². The molecule has 0 amide bonds. The third kappa shape index (κ3) is 0.314. The van der Waals surface area contributed by atoms with Crippen LogP contribution >= 0.6 is 0 Å². The van der Waals surface area contributed by atoms with Crippen molar-refractivity contribution < 1.29 is 4.52 Å². The summed E-state index contributed by atoms with van der Waals surface area (Å²) in [6.07, 6.45) is 1.97. The van der Waals surface area contributed by atoms with Crippen molar-refractivity contribution in [2.75, 3.05) is 0 Å². The van der Waals surface area contributed by atoms with Gasteiger partial charge in [-0.3, -0.25) is 0 Å². The summed E-state index contributed by atoms with van der Waals surface area (Å²) in [5.41, 5.74) is -0.574. The number of aromatic amines is 1. The Kier molecular flexibility index (Phi) is 0.506. The van der Waals surface area contributed by atoms with Crippen molar-refractivity contribution in [3.63, 3.8) is 0 Å². The third-order valence-corrected chi connectivity index (χ3v) is 0.331. The van der Waals surface area contributed by atoms with Crippen LogP contribution in [-0.4, -0.2) is 10.4 Å². The molecule has 1 aromatic rings. The van der Waals surface area contributed by atoms with E-state index in [1.165, 1.54) is 0 Å². The maximum Gasteiger partial charge on any atom is 0.387 e. The largest absolute Gasteiger partial charge is 0.387 e. The van der Waals surface area contributed by atoms with Gasteiger partial charge < -0.3 is 4.52 Å². The van der Waals surface area contributed by atoms with E-state index in [1.54, 1.807) is 0 Å². The Balaban J connectivity index is 3.41. The van der Waals surface area contributed by atoms with E-state index in [0.717, 1.165) is 0 Å². The fourth-order valence-electron chi connectivity index (χ4n) is 0.156. The highest BCUT2D eigenvalue weighted by Crippen LogP contribution is 1.49. The molecular weight excluding hydrogens is 84.0 g/mol. The topological polar surface area (TPSA) is 58.9 Å². The second-order valence-corrected chi connectivity index (χ2v) is 0.704. The SMILES string of the molecule is O=c1[c]n[nH]o1. The predicted octanol–water partition coefficient (Wildman–Crippen LogP) is -0.837. The third-order valence-electron chi connectivity index (χ3n) is 0.331. The smallest absolute Gasteiger partial charge is 0.319 e. The maximum atomic E-state index is 9.75. The molecule has 6 heavy (non-hydrogen) atoms. The van der Waals surface area contributed by atoms with Crippen molar-refractivity contribution in [2.24, 2.45) is 0 Å². The van der Waals surface area contributed by atoms with Crippen molar-refractivity contribution >= 4 is 0 Å². The first-order valence-electron chi connectivity index (χ1n) is 1.31. The first-order chi connectivity index (χ1) is 2.89. The summed E-state index contributed by atoms with van der Waals surface area (Å²) in [5.74, 6) is 0. The van der Waals surface area contributed by atoms with Gasteiger partial charge in [0.05, 0.1) is 0 Å². The zero-order chi connectivity index (χ0) is 4.41. The number of hydrogen-bond donors (Lipinski definition) is 1. The molecule has 0 aliphatic heterocycles. The second kappa shape index (κ2) is 0.965. The average molecular weight is 85.0 g/mol. The van der Waals surface area contributed by atoms with Crippen LogP contribution in [0.15, 0.2) is 9.32 Å². The Bertz CT molecular complexity index is 147. The maximum absolute atomic E-state index is 9.75. The molecule has 4 heteroatoms. The molecule has 4 nitrogen and oxygen atoms in total. The van der Waals surface area contributed by atoms with Crippen LogP contribution in [0, 0.1) is 6.20 Å². The molecule has 0 aromatic carbocycles. The number of nitrogens with one attached hydrogen (secondary N) is 1. The van der Waals surface area contributed by atoms with Crippen LogP contribution < -0.4 is 5.63 Å². The Hall–Kier alpha value is -1.06. The zero-order valence-electron chi connectivity index (χ0n) is 2.76. The van der Waals surface area contributed by atoms with Gasteiger partial charge in [-0.1, -0.05) is 0 Å². The molecule has 31 valence electrons. The molecular formula is C2HN2O2. The second-order valence-electron chi connectivity index (χ2n) is 0.704. The number of aromatic nitrogens is 2. The van der Waals surface area contributed by atoms with Crippen LogP contribution in [0.4, 0.5) is 0 Å². The Morgan fingerprint density at radius 3 is 3.00 bits per heavy atom. The van der Waals surface area contributed by atoms with Gasteiger partial charge in [-0.05, 0) is 0 Å². The van der Waals surface area contributed by atoms with Gasteiger partial charge in [0.15, 0.2) is 0 Å². The van der Waals surface area contributed by atoms with Crippen LogP contribution in [0.1, 0.15) is 0 Å². The van der Waals surface area contributed by atoms with Gasteiger partial charge in [0.2, 0.25) is 6.20 Å². The van der Waals surface area contributed by atoms with Crippen molar-refractivity contribution in [1.82, 2.24) is 10.4 Å². The van der Waals surface area contributed by atoms with Crippen LogP contribution in [-0.2, 0) is 0 Å². The van der Waals surface area contributed by atoms with Gasteiger partial charge in [-0.2, -0.15) is 0 Å². The van der Waals surface area contributed by atoms with E-state index in [2.05, 4.69) is 9.62 Å². The van der Waals surface area contributed by atoms with Crippen molar-refractivity contribution in [3.8, 4) is 0 Å². The highest BCUT2D eigenvalue weighted by atomic mass is 16.5. The van der Waals surface area contributed by atoms with Crippen molar-refractivity contribution in [3.05, 3.63) is 16.6 Å². The van der Waals surface area contributed by atoms with Crippen molar-refractivity contribution in [2.45, 2.75) is 0 Å². The van der Waals surface area contributed by atoms with Gasteiger partial charge >= 0.3 is 5.63 Å². The normalized spacial score (nSPS) is 8.67. The molecule has 0 atom stereocenters. The summed E-state index contributed by atoms with van der Waals surface area (Å²) >= 11 is 0. The summed E-state index contributed by atoms with van der Waals surface area (Å²) in [5, 5.41) is 5.03. The van der Waals surface area contributed by atoms with Gasteiger partial charge in [-0.15, -0.1) is 10.4 Å². The lowest BCUT2D eigenvalue weighted by Crippen LogP contribution is -1.85. The zero-order valence-corrected chi connectivity index (χ0v) is 2.76. The number of H-pyrrole nitrogens is 1. The standard InChI is InChI=1S/C2HN2O2/c5-2-1-3-4-6-2/h4H. The quantitative estimate of drug-likeness (QED) is 0.447. The highest BCUT2D eigenvalue weighted by Gasteiger charge is 1.77. The van der Waals surface area contributed by atoms with Gasteiger partial charge in [0.25, 0.3) is 0 Å². The van der Waals surface area contributed by atoms with Crippen molar-refractivity contribution in [1.29, 1.82) is 0 Å². The van der Waals surface area contributed by atoms with Crippen LogP contribution in [0.5, 0.6) is 0 Å². The Labute approximate surface area is 32.7 Å². The molecule has 1 N–H and O–H groups in total. The minimum atomic E-state index is -0.574. The fourth-order valence-corrected chi connectivity index (χ4v) is 0.156. The lowest BCUT2D eigenvalue weighted by Gasteiger charge is -1.51. The van der Waals surface area contributed by atoms with E-state index in [0.29, 0.717) is 0 Å². The van der Waals surface area contributed by atoms with E-state index in [4.69, 9.17) is 0 Å². The predicted molar refractivity (Wildman–Crippen MR) is 16.0 cm³/mol. The van der Waals surface area contributed by atoms with E-state index < -0.39 is 5.63 Å². The highest BCUT2D eigenvalue weighted by molar-refractivity contribution is 4.50. The summed E-state index contributed by atoms with van der Waals surface area (Å²) in [6, 6.07) is 0. The molecule has 0 aliphatic rings. The van der Waals surface area contributed by atoms with E-state index in [-0.39, 0.29) is 0 Å². The fraction of sp³-hybridized carbons (Fsp3) is 0. The molecule has 0 saturated heterocycles. The van der Waals surface area contributed by atoms with Gasteiger partial charge in [0.1, 0.15) is 0 Å². The minimum Gasteiger partial charge on any atom is -0.319 e. The van der Waals surface area contributed by atoms with Gasteiger partial charge in [-0.25, -0.2) is 4.79 Å². The Morgan fingerprint density at radius 1 is 2.00 bits per heavy atom. The molecule has 0 fully saturated rings. The summed E-state index contributed by atoms with van der Waals surface area (Å²) in [7, 11) is 0. The molecule has 1 heterocycles. The van der Waals surface area contributed by atoms with E-state index in [9.17, 15) is 4.79 Å². The average Bonchev–Trinajstić information content (AvgIpc) is 1.86. The number of rotatable bonds is 0. The molecule has 0 bridgehead atoms. The molecule has 0 unspecified atom stereocenters. The summed E-state index contributed by atoms with van der Waals surface area (Å²) < 4.78 is 3.99. The molecule has 1 radical (unpaired) electrons. The van der Waals surface area contributed by atoms with E-state index in [1.807, 2.05) is 11.5 Å². The molecule has 0 saturated carbocycles. The summed E-state index contributed by atoms with van der Waals surface area (Å²) in [4.78, 5) is 9.75. The van der Waals surface area contributed by atoms with Crippen LogP contribution in [0.2, 0.25) is 0 Å². The molecule has 0 spiro atoms. The number of hydrogen-bond acceptors (Lipinski definition) is 3. The monoisotopic (exact) mass is 85.0 g/mol. The first kappa shape index (κ1) is 3.14. The summed E-state index contributed by atoms with van der Waals surface area (Å²) in [6.45, 7) is 0. The molecule has 0 aliphatic carbocycles.